The molecule has 0 saturated carbocycles. The van der Waals surface area contributed by atoms with Crippen molar-refractivity contribution in [1.29, 1.82) is 0 Å². The minimum absolute atomic E-state index is 0.160. The molecule has 3 aromatic rings. The Bertz CT molecular complexity index is 752. The van der Waals surface area contributed by atoms with Gasteiger partial charge in [-0.2, -0.15) is 0 Å². The Labute approximate surface area is 144 Å². The van der Waals surface area contributed by atoms with Crippen LogP contribution in [0.25, 0.3) is 0 Å². The summed E-state index contributed by atoms with van der Waals surface area (Å²) in [7, 11) is 0. The normalized spacial score (nSPS) is 17.0. The molecule has 0 bridgehead atoms. The second kappa shape index (κ2) is 7.21. The number of rotatable bonds is 5. The predicted molar refractivity (Wildman–Crippen MR) is 91.0 cm³/mol. The van der Waals surface area contributed by atoms with Gasteiger partial charge in [-0.25, -0.2) is 4.68 Å². The molecule has 7 heteroatoms. The molecule has 6 nitrogen and oxygen atoms in total. The lowest BCUT2D eigenvalue weighted by atomic mass is 10.1. The molecular weight excluding hydrogens is 322 g/mol. The summed E-state index contributed by atoms with van der Waals surface area (Å²) in [5.41, 5.74) is 1.20. The maximum atomic E-state index is 5.53. The van der Waals surface area contributed by atoms with Gasteiger partial charge >= 0.3 is 0 Å². The molecule has 124 valence electrons. The summed E-state index contributed by atoms with van der Waals surface area (Å²) in [5, 5.41) is 14.7. The van der Waals surface area contributed by atoms with Gasteiger partial charge in [0.25, 0.3) is 0 Å². The van der Waals surface area contributed by atoms with Crippen molar-refractivity contribution >= 4 is 11.3 Å². The monoisotopic (exact) mass is 342 g/mol. The van der Waals surface area contributed by atoms with Crippen molar-refractivity contribution in [3.05, 3.63) is 64.1 Å². The van der Waals surface area contributed by atoms with Gasteiger partial charge < -0.3 is 9.64 Å². The number of thiophene rings is 1. The van der Waals surface area contributed by atoms with E-state index in [-0.39, 0.29) is 6.04 Å². The molecule has 0 amide bonds. The molecule has 0 unspecified atom stereocenters. The molecule has 0 aliphatic carbocycles. The highest BCUT2D eigenvalue weighted by Gasteiger charge is 2.33. The number of nitrogens with one attached hydrogen (secondary N) is 1. The fourth-order valence-electron chi connectivity index (χ4n) is 3.18. The summed E-state index contributed by atoms with van der Waals surface area (Å²) in [4.78, 5) is 2.77. The average Bonchev–Trinajstić information content (AvgIpc) is 3.31. The van der Waals surface area contributed by atoms with E-state index in [4.69, 9.17) is 4.74 Å². The van der Waals surface area contributed by atoms with Crippen molar-refractivity contribution in [2.24, 2.45) is 0 Å². The zero-order valence-electron chi connectivity index (χ0n) is 13.3. The Balaban J connectivity index is 1.67. The van der Waals surface area contributed by atoms with E-state index >= 15 is 0 Å². The van der Waals surface area contributed by atoms with Crippen molar-refractivity contribution in [3.8, 4) is 0 Å². The molecular formula is C17H20N5OS+. The largest absolute Gasteiger partial charge is 0.370 e. The number of nitrogens with zero attached hydrogens (tertiary/aromatic N) is 4. The number of tetrazole rings is 1. The molecule has 0 radical (unpaired) electrons. The number of morpholine rings is 1. The van der Waals surface area contributed by atoms with Gasteiger partial charge in [0.1, 0.15) is 13.1 Å². The standard InChI is InChI=1S/C17H19N5OS/c1-2-5-14(6-3-1)13-22-17(18-19-20-22)16(15-7-4-12-24-15)21-8-10-23-11-9-21/h1-7,12,16H,8-11,13H2/p+1/t16-/m0/s1. The van der Waals surface area contributed by atoms with Crippen molar-refractivity contribution < 1.29 is 9.64 Å². The highest BCUT2D eigenvalue weighted by Crippen LogP contribution is 2.22. The van der Waals surface area contributed by atoms with Gasteiger partial charge in [0.2, 0.25) is 5.82 Å². The Morgan fingerprint density at radius 1 is 1.12 bits per heavy atom. The molecule has 1 fully saturated rings. The van der Waals surface area contributed by atoms with Crippen molar-refractivity contribution in [2.45, 2.75) is 12.6 Å². The fourth-order valence-corrected chi connectivity index (χ4v) is 4.06. The highest BCUT2D eigenvalue weighted by atomic mass is 32.1. The van der Waals surface area contributed by atoms with Crippen molar-refractivity contribution in [3.63, 3.8) is 0 Å². The van der Waals surface area contributed by atoms with Crippen LogP contribution in [0.2, 0.25) is 0 Å². The van der Waals surface area contributed by atoms with E-state index < -0.39 is 0 Å². The highest BCUT2D eigenvalue weighted by molar-refractivity contribution is 7.10. The first-order valence-electron chi connectivity index (χ1n) is 8.17. The average molecular weight is 342 g/mol. The van der Waals surface area contributed by atoms with Gasteiger partial charge in [-0.3, -0.25) is 0 Å². The summed E-state index contributed by atoms with van der Waals surface area (Å²) in [6, 6.07) is 14.8. The lowest BCUT2D eigenvalue weighted by Crippen LogP contribution is -3.14. The molecule has 2 aromatic heterocycles. The Kier molecular flexibility index (Phi) is 4.64. The third kappa shape index (κ3) is 3.24. The van der Waals surface area contributed by atoms with Gasteiger partial charge in [-0.15, -0.1) is 16.4 Å². The SMILES string of the molecule is c1ccc(Cn2nnnc2[C@H](c2cccs2)[NH+]2CCOCC2)cc1. The quantitative estimate of drug-likeness (QED) is 0.745. The minimum Gasteiger partial charge on any atom is -0.370 e. The number of quaternary nitrogens is 1. The number of benzene rings is 1. The molecule has 1 saturated heterocycles. The van der Waals surface area contributed by atoms with Crippen LogP contribution in [0.15, 0.2) is 47.8 Å². The molecule has 0 spiro atoms. The molecule has 1 N–H and O–H groups in total. The summed E-state index contributed by atoms with van der Waals surface area (Å²) in [5.74, 6) is 0.929. The van der Waals surface area contributed by atoms with Crippen LogP contribution in [0.1, 0.15) is 22.3 Å². The second-order valence-electron chi connectivity index (χ2n) is 5.90. The minimum atomic E-state index is 0.160. The van der Waals surface area contributed by atoms with Crippen LogP contribution < -0.4 is 4.90 Å². The van der Waals surface area contributed by atoms with Gasteiger partial charge in [-0.05, 0) is 27.4 Å². The summed E-state index contributed by atoms with van der Waals surface area (Å²) in [6.07, 6.45) is 0. The van der Waals surface area contributed by atoms with E-state index in [1.54, 1.807) is 11.3 Å². The van der Waals surface area contributed by atoms with Crippen LogP contribution in [0.3, 0.4) is 0 Å². The van der Waals surface area contributed by atoms with E-state index in [0.717, 1.165) is 32.1 Å². The molecule has 3 heterocycles. The third-order valence-corrected chi connectivity index (χ3v) is 5.30. The molecule has 1 aromatic carbocycles. The fraction of sp³-hybridized carbons (Fsp3) is 0.353. The molecule has 24 heavy (non-hydrogen) atoms. The topological polar surface area (TPSA) is 57.3 Å². The maximum Gasteiger partial charge on any atom is 0.215 e. The van der Waals surface area contributed by atoms with Gasteiger partial charge in [-0.1, -0.05) is 36.4 Å². The summed E-state index contributed by atoms with van der Waals surface area (Å²) in [6.45, 7) is 4.21. The van der Waals surface area contributed by atoms with E-state index in [2.05, 4.69) is 45.2 Å². The second-order valence-corrected chi connectivity index (χ2v) is 6.88. The predicted octanol–water partition coefficient (Wildman–Crippen LogP) is 0.787. The first kappa shape index (κ1) is 15.4. The Morgan fingerprint density at radius 3 is 2.71 bits per heavy atom. The Morgan fingerprint density at radius 2 is 1.96 bits per heavy atom. The van der Waals surface area contributed by atoms with Crippen LogP contribution in [0.5, 0.6) is 0 Å². The lowest BCUT2D eigenvalue weighted by Gasteiger charge is -2.30. The lowest BCUT2D eigenvalue weighted by molar-refractivity contribution is -0.933. The van der Waals surface area contributed by atoms with Crippen molar-refractivity contribution in [1.82, 2.24) is 20.2 Å². The van der Waals surface area contributed by atoms with Crippen LogP contribution in [-0.4, -0.2) is 46.5 Å². The van der Waals surface area contributed by atoms with E-state index in [1.165, 1.54) is 15.3 Å². The van der Waals surface area contributed by atoms with Gasteiger partial charge in [0.05, 0.1) is 24.6 Å². The maximum absolute atomic E-state index is 5.53. The number of hydrogen-bond acceptors (Lipinski definition) is 5. The summed E-state index contributed by atoms with van der Waals surface area (Å²) < 4.78 is 7.47. The van der Waals surface area contributed by atoms with Crippen LogP contribution in [0, 0.1) is 0 Å². The molecule has 1 aliphatic rings. The number of aromatic nitrogens is 4. The Hall–Kier alpha value is -2.09. The van der Waals surface area contributed by atoms with Crippen LogP contribution in [0.4, 0.5) is 0 Å². The third-order valence-electron chi connectivity index (χ3n) is 4.36. The zero-order valence-corrected chi connectivity index (χ0v) is 14.2. The zero-order chi connectivity index (χ0) is 16.2. The van der Waals surface area contributed by atoms with E-state index in [1.807, 2.05) is 22.9 Å². The van der Waals surface area contributed by atoms with Crippen LogP contribution >= 0.6 is 11.3 Å². The van der Waals surface area contributed by atoms with Crippen LogP contribution in [-0.2, 0) is 11.3 Å². The summed E-state index contributed by atoms with van der Waals surface area (Å²) >= 11 is 1.77. The molecule has 4 rings (SSSR count). The molecule has 1 atom stereocenters. The van der Waals surface area contributed by atoms with Gasteiger partial charge in [0, 0.05) is 0 Å². The van der Waals surface area contributed by atoms with E-state index in [9.17, 15) is 0 Å². The van der Waals surface area contributed by atoms with Crippen molar-refractivity contribution in [2.75, 3.05) is 26.3 Å². The first-order chi connectivity index (χ1) is 11.9. The molecule has 1 aliphatic heterocycles. The number of ether oxygens (including phenoxy) is 1. The van der Waals surface area contributed by atoms with Gasteiger partial charge in [0.15, 0.2) is 6.04 Å². The van der Waals surface area contributed by atoms with E-state index in [0.29, 0.717) is 6.54 Å². The first-order valence-corrected chi connectivity index (χ1v) is 9.05. The number of hydrogen-bond donors (Lipinski definition) is 1. The smallest absolute Gasteiger partial charge is 0.215 e.